The second-order valence-corrected chi connectivity index (χ2v) is 8.55. The summed E-state index contributed by atoms with van der Waals surface area (Å²) >= 11 is 0. The molecule has 0 unspecified atom stereocenters. The molecule has 0 atom stereocenters. The van der Waals surface area contributed by atoms with Gasteiger partial charge in [-0.15, -0.1) is 0 Å². The average molecular weight is 380 g/mol. The van der Waals surface area contributed by atoms with Gasteiger partial charge in [0.2, 0.25) is 0 Å². The van der Waals surface area contributed by atoms with Crippen LogP contribution in [0.25, 0.3) is 0 Å². The van der Waals surface area contributed by atoms with Crippen molar-refractivity contribution in [3.63, 3.8) is 0 Å². The zero-order chi connectivity index (χ0) is 21.0. The Morgan fingerprint density at radius 2 is 1.48 bits per heavy atom. The fourth-order valence-electron chi connectivity index (χ4n) is 2.12. The van der Waals surface area contributed by atoms with Crippen LogP contribution in [0.15, 0.2) is 18.2 Å². The molecular formula is C20H32N2O5. The molecule has 0 aromatic heterocycles. The number of nitrogen functional groups attached to an aromatic ring is 1. The van der Waals surface area contributed by atoms with Gasteiger partial charge < -0.3 is 19.9 Å². The maximum atomic E-state index is 12.6. The van der Waals surface area contributed by atoms with Gasteiger partial charge in [0.05, 0.1) is 18.3 Å². The quantitative estimate of drug-likeness (QED) is 0.760. The summed E-state index contributed by atoms with van der Waals surface area (Å²) in [5.74, 6) is 0.435. The number of hydrogen-bond donors (Lipinski definition) is 1. The number of hydrogen-bond acceptors (Lipinski definition) is 6. The second kappa shape index (κ2) is 8.50. The van der Waals surface area contributed by atoms with Crippen molar-refractivity contribution < 1.29 is 23.8 Å². The van der Waals surface area contributed by atoms with E-state index in [0.29, 0.717) is 17.0 Å². The lowest BCUT2D eigenvalue weighted by molar-refractivity contribution is -0.000368. The van der Waals surface area contributed by atoms with Crippen LogP contribution in [0.2, 0.25) is 0 Å². The van der Waals surface area contributed by atoms with E-state index in [4.69, 9.17) is 19.9 Å². The predicted octanol–water partition coefficient (Wildman–Crippen LogP) is 4.73. The molecule has 0 aliphatic carbocycles. The molecule has 0 spiro atoms. The van der Waals surface area contributed by atoms with Crippen LogP contribution in [0.5, 0.6) is 5.75 Å². The highest BCUT2D eigenvalue weighted by atomic mass is 16.6. The van der Waals surface area contributed by atoms with E-state index < -0.39 is 23.4 Å². The smallest absolute Gasteiger partial charge is 0.420 e. The number of amides is 2. The van der Waals surface area contributed by atoms with Gasteiger partial charge in [0.1, 0.15) is 17.0 Å². The highest BCUT2D eigenvalue weighted by Crippen LogP contribution is 2.29. The minimum absolute atomic E-state index is 0.0864. The molecule has 0 fully saturated rings. The topological polar surface area (TPSA) is 91.1 Å². The largest absolute Gasteiger partial charge is 0.488 e. The highest BCUT2D eigenvalue weighted by molar-refractivity contribution is 5.88. The molecule has 27 heavy (non-hydrogen) atoms. The van der Waals surface area contributed by atoms with Crippen LogP contribution in [0.1, 0.15) is 61.0 Å². The number of rotatable bonds is 4. The van der Waals surface area contributed by atoms with Gasteiger partial charge in [-0.3, -0.25) is 0 Å². The van der Waals surface area contributed by atoms with Crippen LogP contribution in [0.4, 0.5) is 15.3 Å². The maximum Gasteiger partial charge on any atom is 0.420 e. The molecule has 0 heterocycles. The fourth-order valence-corrected chi connectivity index (χ4v) is 2.12. The van der Waals surface area contributed by atoms with Crippen LogP contribution in [-0.4, -0.2) is 34.4 Å². The Balaban J connectivity index is 3.23. The van der Waals surface area contributed by atoms with Gasteiger partial charge in [0, 0.05) is 5.56 Å². The van der Waals surface area contributed by atoms with Crippen molar-refractivity contribution >= 4 is 17.9 Å². The summed E-state index contributed by atoms with van der Waals surface area (Å²) in [6, 6.07) is 5.18. The van der Waals surface area contributed by atoms with Crippen molar-refractivity contribution in [3.8, 4) is 5.75 Å². The van der Waals surface area contributed by atoms with Gasteiger partial charge in [-0.1, -0.05) is 12.1 Å². The lowest BCUT2D eigenvalue weighted by Crippen LogP contribution is -2.43. The first-order valence-corrected chi connectivity index (χ1v) is 8.97. The molecule has 1 aromatic rings. The van der Waals surface area contributed by atoms with E-state index in [1.807, 2.05) is 13.8 Å². The summed E-state index contributed by atoms with van der Waals surface area (Å²) in [5, 5.41) is 0. The first-order valence-electron chi connectivity index (χ1n) is 8.97. The van der Waals surface area contributed by atoms with E-state index >= 15 is 0 Å². The van der Waals surface area contributed by atoms with Crippen molar-refractivity contribution in [1.82, 2.24) is 4.90 Å². The highest BCUT2D eigenvalue weighted by Gasteiger charge is 2.32. The van der Waals surface area contributed by atoms with Crippen molar-refractivity contribution in [2.24, 2.45) is 0 Å². The Bertz CT molecular complexity index is 644. The Kier molecular flexibility index (Phi) is 7.11. The fraction of sp³-hybridized carbons (Fsp3) is 0.600. The first kappa shape index (κ1) is 22.6. The van der Waals surface area contributed by atoms with Gasteiger partial charge >= 0.3 is 12.2 Å². The van der Waals surface area contributed by atoms with E-state index in [1.165, 1.54) is 0 Å². The van der Waals surface area contributed by atoms with Crippen molar-refractivity contribution in [2.75, 3.05) is 5.73 Å². The number of para-hydroxylation sites is 1. The zero-order valence-electron chi connectivity index (χ0n) is 17.6. The number of nitrogens with two attached hydrogens (primary N) is 1. The summed E-state index contributed by atoms with van der Waals surface area (Å²) in [7, 11) is 0. The normalized spacial score (nSPS) is 11.9. The SMILES string of the molecule is CC(C)Oc1c(N)cccc1CN(C(=O)OC(C)(C)C)C(=O)OC(C)(C)C. The zero-order valence-corrected chi connectivity index (χ0v) is 17.6. The third kappa shape index (κ3) is 7.76. The number of anilines is 1. The lowest BCUT2D eigenvalue weighted by Gasteiger charge is -2.29. The Morgan fingerprint density at radius 1 is 1.00 bits per heavy atom. The molecule has 0 saturated carbocycles. The predicted molar refractivity (Wildman–Crippen MR) is 105 cm³/mol. The number of carbonyl (C=O) groups excluding carboxylic acids is 2. The van der Waals surface area contributed by atoms with E-state index in [-0.39, 0.29) is 12.6 Å². The standard InChI is InChI=1S/C20H32N2O5/c1-13(2)25-16-14(10-9-11-15(16)21)12-22(17(23)26-19(3,4)5)18(24)27-20(6,7)8/h9-11,13H,12,21H2,1-8H3. The Morgan fingerprint density at radius 3 is 1.89 bits per heavy atom. The molecule has 0 bridgehead atoms. The third-order valence-electron chi connectivity index (χ3n) is 3.04. The van der Waals surface area contributed by atoms with Crippen molar-refractivity contribution in [3.05, 3.63) is 23.8 Å². The molecule has 0 aliphatic heterocycles. The molecule has 7 heteroatoms. The molecule has 0 aliphatic rings. The van der Waals surface area contributed by atoms with E-state index in [2.05, 4.69) is 0 Å². The minimum Gasteiger partial charge on any atom is -0.488 e. The van der Waals surface area contributed by atoms with Gasteiger partial charge in [0.25, 0.3) is 0 Å². The summed E-state index contributed by atoms with van der Waals surface area (Å²) in [4.78, 5) is 26.2. The molecule has 2 amide bonds. The number of benzene rings is 1. The van der Waals surface area contributed by atoms with Gasteiger partial charge in [-0.05, 0) is 61.5 Å². The summed E-state index contributed by atoms with van der Waals surface area (Å²) in [6.07, 6.45) is -1.71. The molecule has 1 aromatic carbocycles. The summed E-state index contributed by atoms with van der Waals surface area (Å²) in [5.41, 5.74) is 5.52. The monoisotopic (exact) mass is 380 g/mol. The van der Waals surface area contributed by atoms with Crippen LogP contribution in [-0.2, 0) is 16.0 Å². The number of ether oxygens (including phenoxy) is 3. The molecule has 2 N–H and O–H groups in total. The molecule has 0 radical (unpaired) electrons. The average Bonchev–Trinajstić information content (AvgIpc) is 2.43. The van der Waals surface area contributed by atoms with Gasteiger partial charge in [0.15, 0.2) is 0 Å². The molecule has 1 rings (SSSR count). The third-order valence-corrected chi connectivity index (χ3v) is 3.04. The molecule has 0 saturated heterocycles. The Hall–Kier alpha value is -2.44. The first-order chi connectivity index (χ1) is 12.2. The summed E-state index contributed by atoms with van der Waals surface area (Å²) < 4.78 is 16.5. The van der Waals surface area contributed by atoms with Crippen LogP contribution < -0.4 is 10.5 Å². The van der Waals surface area contributed by atoms with Crippen molar-refractivity contribution in [1.29, 1.82) is 0 Å². The maximum absolute atomic E-state index is 12.6. The molecule has 7 nitrogen and oxygen atoms in total. The number of nitrogens with zero attached hydrogens (tertiary/aromatic N) is 1. The van der Waals surface area contributed by atoms with Gasteiger partial charge in [-0.2, -0.15) is 0 Å². The molecular weight excluding hydrogens is 348 g/mol. The second-order valence-electron chi connectivity index (χ2n) is 8.55. The number of carbonyl (C=O) groups is 2. The van der Waals surface area contributed by atoms with E-state index in [1.54, 1.807) is 59.7 Å². The minimum atomic E-state index is -0.797. The lowest BCUT2D eigenvalue weighted by atomic mass is 10.1. The van der Waals surface area contributed by atoms with Crippen LogP contribution in [0.3, 0.4) is 0 Å². The summed E-state index contributed by atoms with van der Waals surface area (Å²) in [6.45, 7) is 14.0. The number of imide groups is 1. The van der Waals surface area contributed by atoms with Crippen LogP contribution in [0, 0.1) is 0 Å². The van der Waals surface area contributed by atoms with E-state index in [9.17, 15) is 9.59 Å². The van der Waals surface area contributed by atoms with Gasteiger partial charge in [-0.25, -0.2) is 14.5 Å². The molecule has 152 valence electrons. The Labute approximate surface area is 161 Å². The van der Waals surface area contributed by atoms with Crippen LogP contribution >= 0.6 is 0 Å². The van der Waals surface area contributed by atoms with E-state index in [0.717, 1.165) is 4.90 Å². The van der Waals surface area contributed by atoms with Crippen molar-refractivity contribution in [2.45, 2.75) is 79.2 Å².